The second-order valence-electron chi connectivity index (χ2n) is 7.18. The van der Waals surface area contributed by atoms with Gasteiger partial charge in [-0.15, -0.1) is 0 Å². The van der Waals surface area contributed by atoms with Crippen LogP contribution in [0, 0.1) is 0 Å². The Morgan fingerprint density at radius 3 is 2.03 bits per heavy atom. The van der Waals surface area contributed by atoms with Crippen molar-refractivity contribution in [3.8, 4) is 0 Å². The number of hydrazine groups is 1. The Bertz CT molecular complexity index is 958. The van der Waals surface area contributed by atoms with Gasteiger partial charge < -0.3 is 10.6 Å². The molecule has 0 fully saturated rings. The molecule has 0 aliphatic heterocycles. The van der Waals surface area contributed by atoms with Gasteiger partial charge >= 0.3 is 6.03 Å². The molecule has 0 spiro atoms. The second kappa shape index (κ2) is 10.1. The predicted octanol–water partition coefficient (Wildman–Crippen LogP) is 4.57. The number of anilines is 2. The van der Waals surface area contributed by atoms with Gasteiger partial charge in [-0.25, -0.2) is 4.79 Å². The molecule has 3 aromatic rings. The van der Waals surface area contributed by atoms with E-state index < -0.39 is 0 Å². The number of hydrogen-bond acceptors (Lipinski definition) is 3. The fourth-order valence-electron chi connectivity index (χ4n) is 2.89. The zero-order valence-electron chi connectivity index (χ0n) is 17.1. The average molecular weight is 402 g/mol. The molecule has 3 rings (SSSR count). The molecule has 0 unspecified atom stereocenters. The Hall–Kier alpha value is -3.80. The Kier molecular flexibility index (Phi) is 7.05. The number of carbonyl (C=O) groups is 2. The van der Waals surface area contributed by atoms with Crippen LogP contribution in [-0.4, -0.2) is 18.0 Å². The highest BCUT2D eigenvalue weighted by atomic mass is 16.2. The van der Waals surface area contributed by atoms with Crippen molar-refractivity contribution in [2.75, 3.05) is 10.3 Å². The van der Waals surface area contributed by atoms with Gasteiger partial charge in [-0.3, -0.25) is 15.2 Å². The number of para-hydroxylation sites is 1. The number of carbonyl (C=O) groups excluding carboxylic acids is 2. The Labute approximate surface area is 176 Å². The van der Waals surface area contributed by atoms with Crippen molar-refractivity contribution in [3.63, 3.8) is 0 Å². The summed E-state index contributed by atoms with van der Waals surface area (Å²) in [5.41, 5.74) is 6.07. The average Bonchev–Trinajstić information content (AvgIpc) is 2.74. The summed E-state index contributed by atoms with van der Waals surface area (Å²) in [4.78, 5) is 24.7. The van der Waals surface area contributed by atoms with Crippen LogP contribution >= 0.6 is 0 Å². The minimum Gasteiger partial charge on any atom is -0.336 e. The highest BCUT2D eigenvalue weighted by Gasteiger charge is 2.13. The summed E-state index contributed by atoms with van der Waals surface area (Å²) in [7, 11) is 0. The van der Waals surface area contributed by atoms with Gasteiger partial charge in [-0.2, -0.15) is 0 Å². The first kappa shape index (κ1) is 20.9. The van der Waals surface area contributed by atoms with Crippen molar-refractivity contribution in [1.82, 2.24) is 10.7 Å². The van der Waals surface area contributed by atoms with Crippen LogP contribution in [-0.2, 0) is 6.54 Å². The van der Waals surface area contributed by atoms with Gasteiger partial charge in [0, 0.05) is 17.3 Å². The molecule has 0 atom stereocenters. The van der Waals surface area contributed by atoms with Crippen LogP contribution in [0.25, 0.3) is 0 Å². The summed E-state index contributed by atoms with van der Waals surface area (Å²) in [5.74, 6) is -0.229. The molecular formula is C24H26N4O2. The minimum absolute atomic E-state index is 0.0450. The first-order valence-corrected chi connectivity index (χ1v) is 9.86. The van der Waals surface area contributed by atoms with Gasteiger partial charge in [-0.05, 0) is 55.8 Å². The third-order valence-electron chi connectivity index (χ3n) is 4.31. The Balaban J connectivity index is 1.70. The van der Waals surface area contributed by atoms with Crippen LogP contribution in [0.1, 0.15) is 29.8 Å². The van der Waals surface area contributed by atoms with Crippen LogP contribution in [0.3, 0.4) is 0 Å². The van der Waals surface area contributed by atoms with E-state index in [0.717, 1.165) is 11.3 Å². The molecule has 154 valence electrons. The van der Waals surface area contributed by atoms with E-state index in [1.54, 1.807) is 24.3 Å². The quantitative estimate of drug-likeness (QED) is 0.507. The first-order chi connectivity index (χ1) is 14.5. The monoisotopic (exact) mass is 402 g/mol. The van der Waals surface area contributed by atoms with Gasteiger partial charge in [0.15, 0.2) is 0 Å². The fourth-order valence-corrected chi connectivity index (χ4v) is 2.89. The number of urea groups is 1. The topological polar surface area (TPSA) is 73.5 Å². The Morgan fingerprint density at radius 2 is 1.43 bits per heavy atom. The lowest BCUT2D eigenvalue weighted by molar-refractivity contribution is 0.0948. The SMILES string of the molecule is CC(C)NC(=O)Nc1ccc(C(=O)NN(Cc2ccccc2)c2ccccc2)cc1. The van der Waals surface area contributed by atoms with E-state index in [0.29, 0.717) is 17.8 Å². The second-order valence-corrected chi connectivity index (χ2v) is 7.18. The summed E-state index contributed by atoms with van der Waals surface area (Å²) in [6.07, 6.45) is 0. The molecule has 6 nitrogen and oxygen atoms in total. The van der Waals surface area contributed by atoms with Crippen molar-refractivity contribution in [3.05, 3.63) is 96.1 Å². The smallest absolute Gasteiger partial charge is 0.319 e. The van der Waals surface area contributed by atoms with Crippen molar-refractivity contribution in [2.45, 2.75) is 26.4 Å². The molecule has 3 N–H and O–H groups in total. The lowest BCUT2D eigenvalue weighted by Crippen LogP contribution is -2.42. The zero-order valence-corrected chi connectivity index (χ0v) is 17.1. The molecule has 3 amide bonds. The molecular weight excluding hydrogens is 376 g/mol. The molecule has 0 aromatic heterocycles. The van der Waals surface area contributed by atoms with Crippen LogP contribution in [0.15, 0.2) is 84.9 Å². The van der Waals surface area contributed by atoms with Crippen LogP contribution in [0.4, 0.5) is 16.2 Å². The maximum atomic E-state index is 12.8. The number of rotatable bonds is 7. The number of amides is 3. The summed E-state index contributed by atoms with van der Waals surface area (Å²) < 4.78 is 0. The van der Waals surface area contributed by atoms with Crippen LogP contribution in [0.5, 0.6) is 0 Å². The molecule has 0 radical (unpaired) electrons. The van der Waals surface area contributed by atoms with Crippen molar-refractivity contribution in [2.24, 2.45) is 0 Å². The van der Waals surface area contributed by atoms with Gasteiger partial charge in [0.2, 0.25) is 0 Å². The molecule has 0 aliphatic rings. The lowest BCUT2D eigenvalue weighted by atomic mass is 10.2. The van der Waals surface area contributed by atoms with Crippen molar-refractivity contribution < 1.29 is 9.59 Å². The minimum atomic E-state index is -0.277. The van der Waals surface area contributed by atoms with Crippen molar-refractivity contribution in [1.29, 1.82) is 0 Å². The summed E-state index contributed by atoms with van der Waals surface area (Å²) in [6, 6.07) is 26.2. The van der Waals surface area contributed by atoms with E-state index >= 15 is 0 Å². The predicted molar refractivity (Wildman–Crippen MR) is 120 cm³/mol. The molecule has 30 heavy (non-hydrogen) atoms. The summed E-state index contributed by atoms with van der Waals surface area (Å²) in [6.45, 7) is 4.31. The van der Waals surface area contributed by atoms with Gasteiger partial charge in [-0.1, -0.05) is 48.5 Å². The molecule has 0 saturated heterocycles. The third-order valence-corrected chi connectivity index (χ3v) is 4.31. The molecule has 0 aliphatic carbocycles. The van der Waals surface area contributed by atoms with E-state index in [4.69, 9.17) is 0 Å². The highest BCUT2D eigenvalue weighted by Crippen LogP contribution is 2.16. The molecule has 3 aromatic carbocycles. The Morgan fingerprint density at radius 1 is 0.833 bits per heavy atom. The number of nitrogens with zero attached hydrogens (tertiary/aromatic N) is 1. The normalized spacial score (nSPS) is 10.4. The van der Waals surface area contributed by atoms with E-state index in [1.807, 2.05) is 79.5 Å². The lowest BCUT2D eigenvalue weighted by Gasteiger charge is -2.25. The standard InChI is InChI=1S/C24H26N4O2/c1-18(2)25-24(30)26-21-15-13-20(14-16-21)23(29)27-28(22-11-7-4-8-12-22)17-19-9-5-3-6-10-19/h3-16,18H,17H2,1-2H3,(H,27,29)(H2,25,26,30). The van der Waals surface area contributed by atoms with E-state index in [9.17, 15) is 9.59 Å². The maximum absolute atomic E-state index is 12.8. The fraction of sp³-hybridized carbons (Fsp3) is 0.167. The first-order valence-electron chi connectivity index (χ1n) is 9.86. The number of hydrogen-bond donors (Lipinski definition) is 3. The van der Waals surface area contributed by atoms with Gasteiger partial charge in [0.05, 0.1) is 12.2 Å². The van der Waals surface area contributed by atoms with E-state index in [2.05, 4.69) is 16.1 Å². The van der Waals surface area contributed by atoms with E-state index in [-0.39, 0.29) is 18.0 Å². The zero-order chi connectivity index (χ0) is 21.3. The summed E-state index contributed by atoms with van der Waals surface area (Å²) >= 11 is 0. The molecule has 0 heterocycles. The number of benzene rings is 3. The molecule has 0 saturated carbocycles. The van der Waals surface area contributed by atoms with Crippen molar-refractivity contribution >= 4 is 23.3 Å². The third kappa shape index (κ3) is 6.10. The van der Waals surface area contributed by atoms with Crippen LogP contribution in [0.2, 0.25) is 0 Å². The van der Waals surface area contributed by atoms with E-state index in [1.165, 1.54) is 0 Å². The van der Waals surface area contributed by atoms with Crippen LogP contribution < -0.4 is 21.1 Å². The molecule has 6 heteroatoms. The molecule has 0 bridgehead atoms. The largest absolute Gasteiger partial charge is 0.336 e. The van der Waals surface area contributed by atoms with Gasteiger partial charge in [0.1, 0.15) is 0 Å². The number of nitrogens with one attached hydrogen (secondary N) is 3. The highest BCUT2D eigenvalue weighted by molar-refractivity contribution is 5.96. The maximum Gasteiger partial charge on any atom is 0.319 e. The van der Waals surface area contributed by atoms with Gasteiger partial charge in [0.25, 0.3) is 5.91 Å². The summed E-state index contributed by atoms with van der Waals surface area (Å²) in [5, 5.41) is 7.33.